The van der Waals surface area contributed by atoms with Gasteiger partial charge in [-0.15, -0.1) is 0 Å². The van der Waals surface area contributed by atoms with E-state index in [-0.39, 0.29) is 6.10 Å². The summed E-state index contributed by atoms with van der Waals surface area (Å²) in [6.45, 7) is 6.49. The third-order valence-electron chi connectivity index (χ3n) is 2.86. The fraction of sp³-hybridized carbons (Fsp3) is 0.625. The molecule has 18 heavy (non-hydrogen) atoms. The number of unbranched alkanes of at least 4 members (excludes halogenated alkanes) is 3. The maximum absolute atomic E-state index is 5.70. The van der Waals surface area contributed by atoms with Gasteiger partial charge < -0.3 is 9.47 Å². The zero-order chi connectivity index (χ0) is 13.1. The minimum atomic E-state index is 0.190. The van der Waals surface area contributed by atoms with E-state index in [9.17, 15) is 0 Å². The van der Waals surface area contributed by atoms with E-state index < -0.39 is 0 Å². The van der Waals surface area contributed by atoms with Gasteiger partial charge in [0.25, 0.3) is 0 Å². The summed E-state index contributed by atoms with van der Waals surface area (Å²) in [5.74, 6) is 0. The van der Waals surface area contributed by atoms with Crippen molar-refractivity contribution in [3.63, 3.8) is 0 Å². The van der Waals surface area contributed by atoms with E-state index in [2.05, 4.69) is 26.0 Å². The first-order valence-electron chi connectivity index (χ1n) is 7.06. The number of rotatable bonds is 10. The molecule has 0 amide bonds. The van der Waals surface area contributed by atoms with Gasteiger partial charge >= 0.3 is 0 Å². The van der Waals surface area contributed by atoms with Gasteiger partial charge in [0.2, 0.25) is 0 Å². The minimum Gasteiger partial charge on any atom is -0.376 e. The molecule has 1 aromatic carbocycles. The lowest BCUT2D eigenvalue weighted by atomic mass is 10.2. The zero-order valence-electron chi connectivity index (χ0n) is 11.7. The Balaban J connectivity index is 1.98. The van der Waals surface area contributed by atoms with Crippen molar-refractivity contribution < 1.29 is 9.47 Å². The van der Waals surface area contributed by atoms with Gasteiger partial charge in [0.1, 0.15) is 0 Å². The van der Waals surface area contributed by atoms with Crippen LogP contribution in [0.3, 0.4) is 0 Å². The molecule has 0 spiro atoms. The van der Waals surface area contributed by atoms with Crippen LogP contribution in [0.4, 0.5) is 0 Å². The van der Waals surface area contributed by atoms with E-state index >= 15 is 0 Å². The summed E-state index contributed by atoms with van der Waals surface area (Å²) in [6.07, 6.45) is 5.21. The Morgan fingerprint density at radius 3 is 2.56 bits per heavy atom. The second-order valence-electron chi connectivity index (χ2n) is 4.74. The number of hydrogen-bond acceptors (Lipinski definition) is 2. The highest BCUT2D eigenvalue weighted by Crippen LogP contribution is 2.04. The SMILES string of the molecule is CCCCCCOC(C)COCc1ccccc1. The van der Waals surface area contributed by atoms with Crippen molar-refractivity contribution in [2.45, 2.75) is 52.2 Å². The quantitative estimate of drug-likeness (QED) is 0.580. The third-order valence-corrected chi connectivity index (χ3v) is 2.86. The predicted molar refractivity (Wildman–Crippen MR) is 75.7 cm³/mol. The van der Waals surface area contributed by atoms with E-state index in [1.54, 1.807) is 0 Å². The molecule has 0 bridgehead atoms. The maximum atomic E-state index is 5.70. The molecule has 0 saturated carbocycles. The number of ether oxygens (including phenoxy) is 2. The van der Waals surface area contributed by atoms with Gasteiger partial charge in [0.05, 0.1) is 19.3 Å². The lowest BCUT2D eigenvalue weighted by Gasteiger charge is -2.13. The van der Waals surface area contributed by atoms with Crippen molar-refractivity contribution in [2.75, 3.05) is 13.2 Å². The van der Waals surface area contributed by atoms with Gasteiger partial charge in [-0.05, 0) is 18.9 Å². The Kier molecular flexibility index (Phi) is 8.53. The second-order valence-corrected chi connectivity index (χ2v) is 4.74. The molecule has 1 unspecified atom stereocenters. The molecule has 2 heteroatoms. The average molecular weight is 250 g/mol. The summed E-state index contributed by atoms with van der Waals surface area (Å²) in [4.78, 5) is 0. The summed E-state index contributed by atoms with van der Waals surface area (Å²) in [5, 5.41) is 0. The van der Waals surface area contributed by atoms with Gasteiger partial charge in [-0.1, -0.05) is 56.5 Å². The van der Waals surface area contributed by atoms with Gasteiger partial charge in [-0.2, -0.15) is 0 Å². The molecule has 0 heterocycles. The van der Waals surface area contributed by atoms with Gasteiger partial charge in [-0.25, -0.2) is 0 Å². The molecule has 0 fully saturated rings. The highest BCUT2D eigenvalue weighted by Gasteiger charge is 2.02. The fourth-order valence-corrected chi connectivity index (χ4v) is 1.78. The molecule has 1 aromatic rings. The molecule has 0 aliphatic carbocycles. The second kappa shape index (κ2) is 10.1. The summed E-state index contributed by atoms with van der Waals surface area (Å²) in [5.41, 5.74) is 1.22. The highest BCUT2D eigenvalue weighted by atomic mass is 16.5. The van der Waals surface area contributed by atoms with Crippen LogP contribution in [-0.4, -0.2) is 19.3 Å². The zero-order valence-corrected chi connectivity index (χ0v) is 11.7. The largest absolute Gasteiger partial charge is 0.376 e. The van der Waals surface area contributed by atoms with E-state index in [1.807, 2.05) is 18.2 Å². The van der Waals surface area contributed by atoms with Gasteiger partial charge in [0, 0.05) is 6.61 Å². The first-order valence-corrected chi connectivity index (χ1v) is 7.06. The Morgan fingerprint density at radius 2 is 1.83 bits per heavy atom. The van der Waals surface area contributed by atoms with Crippen molar-refractivity contribution >= 4 is 0 Å². The summed E-state index contributed by atoms with van der Waals surface area (Å²) in [6, 6.07) is 10.2. The minimum absolute atomic E-state index is 0.190. The maximum Gasteiger partial charge on any atom is 0.0780 e. The molecule has 0 saturated heterocycles. The number of benzene rings is 1. The van der Waals surface area contributed by atoms with Crippen LogP contribution < -0.4 is 0 Å². The van der Waals surface area contributed by atoms with E-state index in [4.69, 9.17) is 9.47 Å². The van der Waals surface area contributed by atoms with Gasteiger partial charge in [-0.3, -0.25) is 0 Å². The van der Waals surface area contributed by atoms with Crippen LogP contribution >= 0.6 is 0 Å². The van der Waals surface area contributed by atoms with E-state index in [1.165, 1.54) is 24.8 Å². The average Bonchev–Trinajstić information content (AvgIpc) is 2.40. The van der Waals surface area contributed by atoms with Crippen molar-refractivity contribution in [3.8, 4) is 0 Å². The summed E-state index contributed by atoms with van der Waals surface area (Å²) >= 11 is 0. The Morgan fingerprint density at radius 1 is 1.06 bits per heavy atom. The molecular weight excluding hydrogens is 224 g/mol. The molecule has 0 radical (unpaired) electrons. The first-order chi connectivity index (χ1) is 8.83. The van der Waals surface area contributed by atoms with Crippen molar-refractivity contribution in [2.24, 2.45) is 0 Å². The van der Waals surface area contributed by atoms with Crippen LogP contribution in [0.15, 0.2) is 30.3 Å². The molecule has 0 aliphatic heterocycles. The standard InChI is InChI=1S/C16H26O2/c1-3-4-5-9-12-18-15(2)13-17-14-16-10-7-6-8-11-16/h6-8,10-11,15H,3-5,9,12-14H2,1-2H3. The predicted octanol–water partition coefficient (Wildman–Crippen LogP) is 4.19. The van der Waals surface area contributed by atoms with E-state index in [0.29, 0.717) is 13.2 Å². The molecule has 0 aliphatic rings. The lowest BCUT2D eigenvalue weighted by molar-refractivity contribution is -0.0131. The van der Waals surface area contributed by atoms with E-state index in [0.717, 1.165) is 13.0 Å². The molecule has 1 rings (SSSR count). The monoisotopic (exact) mass is 250 g/mol. The van der Waals surface area contributed by atoms with Crippen molar-refractivity contribution in [1.29, 1.82) is 0 Å². The topological polar surface area (TPSA) is 18.5 Å². The number of hydrogen-bond donors (Lipinski definition) is 0. The summed E-state index contributed by atoms with van der Waals surface area (Å²) < 4.78 is 11.3. The van der Waals surface area contributed by atoms with Crippen LogP contribution in [-0.2, 0) is 16.1 Å². The van der Waals surface area contributed by atoms with Crippen molar-refractivity contribution in [3.05, 3.63) is 35.9 Å². The molecule has 102 valence electrons. The van der Waals surface area contributed by atoms with Crippen LogP contribution in [0.25, 0.3) is 0 Å². The highest BCUT2D eigenvalue weighted by molar-refractivity contribution is 5.13. The lowest BCUT2D eigenvalue weighted by Crippen LogP contribution is -2.16. The molecule has 2 nitrogen and oxygen atoms in total. The van der Waals surface area contributed by atoms with Crippen LogP contribution in [0.1, 0.15) is 45.1 Å². The van der Waals surface area contributed by atoms with Crippen LogP contribution in [0.5, 0.6) is 0 Å². The Labute approximate surface area is 111 Å². The molecule has 1 atom stereocenters. The van der Waals surface area contributed by atoms with Crippen LogP contribution in [0, 0.1) is 0 Å². The molecule has 0 aromatic heterocycles. The fourth-order valence-electron chi connectivity index (χ4n) is 1.78. The molecular formula is C16H26O2. The summed E-state index contributed by atoms with van der Waals surface area (Å²) in [7, 11) is 0. The Hall–Kier alpha value is -0.860. The third kappa shape index (κ3) is 7.46. The van der Waals surface area contributed by atoms with Crippen LogP contribution in [0.2, 0.25) is 0 Å². The van der Waals surface area contributed by atoms with Gasteiger partial charge in [0.15, 0.2) is 0 Å². The molecule has 0 N–H and O–H groups in total. The first kappa shape index (κ1) is 15.2. The normalized spacial score (nSPS) is 12.6. The van der Waals surface area contributed by atoms with Crippen molar-refractivity contribution in [1.82, 2.24) is 0 Å². The smallest absolute Gasteiger partial charge is 0.0780 e. The Bertz CT molecular complexity index is 284.